The number of halogens is 1. The molecule has 134 valence electrons. The second kappa shape index (κ2) is 8.70. The van der Waals surface area contributed by atoms with Gasteiger partial charge in [0, 0.05) is 43.4 Å². The molecule has 2 aromatic carbocycles. The molecule has 1 saturated heterocycles. The normalized spacial score (nSPS) is 16.8. The van der Waals surface area contributed by atoms with Crippen molar-refractivity contribution >= 4 is 17.4 Å². The Labute approximate surface area is 153 Å². The average Bonchev–Trinajstić information content (AvgIpc) is 2.61. The Bertz CT molecular complexity index is 689. The molecule has 0 saturated carbocycles. The van der Waals surface area contributed by atoms with E-state index in [1.165, 1.54) is 16.5 Å². The van der Waals surface area contributed by atoms with Gasteiger partial charge in [-0.15, -0.1) is 11.8 Å². The van der Waals surface area contributed by atoms with Crippen molar-refractivity contribution in [2.24, 2.45) is 0 Å². The van der Waals surface area contributed by atoms with Gasteiger partial charge in [-0.3, -0.25) is 4.90 Å². The Kier molecular flexibility index (Phi) is 6.34. The molecule has 25 heavy (non-hydrogen) atoms. The van der Waals surface area contributed by atoms with E-state index in [2.05, 4.69) is 34.9 Å². The fourth-order valence-electron chi connectivity index (χ4n) is 3.13. The number of rotatable bonds is 6. The molecular weight excluding hydrogens is 335 g/mol. The van der Waals surface area contributed by atoms with Crippen LogP contribution in [0.1, 0.15) is 5.56 Å². The van der Waals surface area contributed by atoms with Crippen LogP contribution in [-0.4, -0.2) is 54.6 Å². The van der Waals surface area contributed by atoms with Crippen molar-refractivity contribution < 1.29 is 9.50 Å². The Balaban J connectivity index is 1.43. The van der Waals surface area contributed by atoms with Crippen LogP contribution < -0.4 is 4.90 Å². The van der Waals surface area contributed by atoms with E-state index >= 15 is 0 Å². The highest BCUT2D eigenvalue weighted by molar-refractivity contribution is 7.99. The van der Waals surface area contributed by atoms with Crippen molar-refractivity contribution in [2.45, 2.75) is 17.9 Å². The zero-order valence-electron chi connectivity index (χ0n) is 14.6. The number of piperazine rings is 1. The topological polar surface area (TPSA) is 26.7 Å². The summed E-state index contributed by atoms with van der Waals surface area (Å²) in [6.45, 7) is 6.03. The van der Waals surface area contributed by atoms with Crippen LogP contribution in [0.3, 0.4) is 0 Å². The summed E-state index contributed by atoms with van der Waals surface area (Å²) in [7, 11) is 0. The summed E-state index contributed by atoms with van der Waals surface area (Å²) < 4.78 is 13.9. The van der Waals surface area contributed by atoms with Gasteiger partial charge in [0.05, 0.1) is 11.8 Å². The largest absolute Gasteiger partial charge is 0.391 e. The fourth-order valence-corrected chi connectivity index (χ4v) is 4.06. The van der Waals surface area contributed by atoms with E-state index in [1.807, 2.05) is 18.2 Å². The number of thioether (sulfide) groups is 1. The maximum atomic E-state index is 13.9. The third-order valence-corrected chi connectivity index (χ3v) is 5.61. The van der Waals surface area contributed by atoms with Crippen LogP contribution in [0.4, 0.5) is 10.1 Å². The highest BCUT2D eigenvalue weighted by Crippen LogP contribution is 2.22. The highest BCUT2D eigenvalue weighted by Gasteiger charge is 2.21. The Morgan fingerprint density at radius 1 is 1.08 bits per heavy atom. The number of aliphatic hydroxyl groups is 1. The molecule has 1 N–H and O–H groups in total. The lowest BCUT2D eigenvalue weighted by atomic mass is 10.2. The molecule has 0 spiro atoms. The minimum Gasteiger partial charge on any atom is -0.391 e. The number of aliphatic hydroxyl groups excluding tert-OH is 1. The van der Waals surface area contributed by atoms with Gasteiger partial charge in [0.2, 0.25) is 0 Å². The Morgan fingerprint density at radius 3 is 2.56 bits per heavy atom. The van der Waals surface area contributed by atoms with E-state index in [4.69, 9.17) is 0 Å². The number of para-hydroxylation sites is 1. The average molecular weight is 360 g/mol. The number of hydrogen-bond acceptors (Lipinski definition) is 4. The first-order valence-corrected chi connectivity index (χ1v) is 9.70. The van der Waals surface area contributed by atoms with Gasteiger partial charge in [0.1, 0.15) is 5.82 Å². The van der Waals surface area contributed by atoms with E-state index < -0.39 is 0 Å². The Morgan fingerprint density at radius 2 is 1.84 bits per heavy atom. The minimum atomic E-state index is -0.356. The van der Waals surface area contributed by atoms with Crippen LogP contribution in [-0.2, 0) is 0 Å². The van der Waals surface area contributed by atoms with Crippen LogP contribution in [0.25, 0.3) is 0 Å². The minimum absolute atomic E-state index is 0.162. The smallest absolute Gasteiger partial charge is 0.146 e. The van der Waals surface area contributed by atoms with Crippen LogP contribution in [0.15, 0.2) is 53.4 Å². The summed E-state index contributed by atoms with van der Waals surface area (Å²) in [6, 6.07) is 15.3. The molecule has 0 aliphatic carbocycles. The molecule has 0 aromatic heterocycles. The molecule has 0 radical (unpaired) electrons. The predicted molar refractivity (Wildman–Crippen MR) is 103 cm³/mol. The van der Waals surface area contributed by atoms with E-state index in [9.17, 15) is 9.50 Å². The van der Waals surface area contributed by atoms with Gasteiger partial charge in [-0.2, -0.15) is 0 Å². The number of β-amino-alcohol motifs (C(OH)–C–C–N with tert-alkyl or cyclic N) is 1. The van der Waals surface area contributed by atoms with E-state index in [0.29, 0.717) is 18.0 Å². The molecule has 1 atom stereocenters. The molecular formula is C20H25FN2OS. The molecule has 1 heterocycles. The van der Waals surface area contributed by atoms with Gasteiger partial charge in [0.15, 0.2) is 0 Å². The molecule has 0 amide bonds. The van der Waals surface area contributed by atoms with Gasteiger partial charge in [-0.05, 0) is 31.2 Å². The molecule has 1 aliphatic rings. The first-order chi connectivity index (χ1) is 12.1. The molecule has 5 heteroatoms. The molecule has 2 aromatic rings. The number of benzene rings is 2. The monoisotopic (exact) mass is 360 g/mol. The maximum Gasteiger partial charge on any atom is 0.146 e. The molecule has 3 rings (SSSR count). The number of nitrogens with zero attached hydrogens (tertiary/aromatic N) is 2. The summed E-state index contributed by atoms with van der Waals surface area (Å²) in [5, 5.41) is 10.3. The summed E-state index contributed by atoms with van der Waals surface area (Å²) in [5.41, 5.74) is 1.92. The lowest BCUT2D eigenvalue weighted by Gasteiger charge is -2.37. The van der Waals surface area contributed by atoms with Gasteiger partial charge >= 0.3 is 0 Å². The first kappa shape index (κ1) is 18.2. The van der Waals surface area contributed by atoms with Crippen LogP contribution in [0, 0.1) is 12.7 Å². The fraction of sp³-hybridized carbons (Fsp3) is 0.400. The zero-order valence-corrected chi connectivity index (χ0v) is 15.4. The third-order valence-electron chi connectivity index (χ3n) is 4.47. The summed E-state index contributed by atoms with van der Waals surface area (Å²) in [5.74, 6) is 0.530. The van der Waals surface area contributed by atoms with Crippen LogP contribution >= 0.6 is 11.8 Å². The van der Waals surface area contributed by atoms with E-state index in [1.54, 1.807) is 17.8 Å². The number of aryl methyl sites for hydroxylation is 1. The molecule has 1 fully saturated rings. The zero-order chi connectivity index (χ0) is 17.6. The van der Waals surface area contributed by atoms with Crippen molar-refractivity contribution in [3.63, 3.8) is 0 Å². The third kappa shape index (κ3) is 5.21. The second-order valence-electron chi connectivity index (χ2n) is 6.52. The predicted octanol–water partition coefficient (Wildman–Crippen LogP) is 3.41. The number of anilines is 1. The van der Waals surface area contributed by atoms with Gasteiger partial charge in [0.25, 0.3) is 0 Å². The van der Waals surface area contributed by atoms with Crippen molar-refractivity contribution in [1.29, 1.82) is 0 Å². The van der Waals surface area contributed by atoms with Crippen LogP contribution in [0.5, 0.6) is 0 Å². The number of hydrogen-bond donors (Lipinski definition) is 1. The Hall–Kier alpha value is -1.56. The molecule has 3 nitrogen and oxygen atoms in total. The summed E-state index contributed by atoms with van der Waals surface area (Å²) in [6.07, 6.45) is -0.356. The van der Waals surface area contributed by atoms with Crippen molar-refractivity contribution in [3.8, 4) is 0 Å². The first-order valence-electron chi connectivity index (χ1n) is 8.71. The molecule has 0 unspecified atom stereocenters. The summed E-state index contributed by atoms with van der Waals surface area (Å²) >= 11 is 1.69. The van der Waals surface area contributed by atoms with Gasteiger partial charge < -0.3 is 10.0 Å². The lowest BCUT2D eigenvalue weighted by Crippen LogP contribution is -2.49. The van der Waals surface area contributed by atoms with Crippen molar-refractivity contribution in [3.05, 3.63) is 59.9 Å². The van der Waals surface area contributed by atoms with Gasteiger partial charge in [-0.1, -0.05) is 29.8 Å². The highest BCUT2D eigenvalue weighted by atomic mass is 32.2. The maximum absolute atomic E-state index is 13.9. The van der Waals surface area contributed by atoms with Crippen LogP contribution in [0.2, 0.25) is 0 Å². The molecule has 1 aliphatic heterocycles. The quantitative estimate of drug-likeness (QED) is 0.799. The van der Waals surface area contributed by atoms with Gasteiger partial charge in [-0.25, -0.2) is 4.39 Å². The van der Waals surface area contributed by atoms with E-state index in [-0.39, 0.29) is 11.9 Å². The van der Waals surface area contributed by atoms with E-state index in [0.717, 1.165) is 26.2 Å². The summed E-state index contributed by atoms with van der Waals surface area (Å²) in [4.78, 5) is 5.54. The standard InChI is InChI=1S/C20H25FN2OS/c1-16-5-4-6-18(13-16)25-15-17(24)14-22-9-11-23(12-10-22)20-8-3-2-7-19(20)21/h2-8,13,17,24H,9-12,14-15H2,1H3/t17-/m0/s1. The second-order valence-corrected chi connectivity index (χ2v) is 7.61. The lowest BCUT2D eigenvalue weighted by molar-refractivity contribution is 0.126. The SMILES string of the molecule is Cc1cccc(SC[C@@H](O)CN2CCN(c3ccccc3F)CC2)c1. The molecule has 0 bridgehead atoms. The van der Waals surface area contributed by atoms with Crippen molar-refractivity contribution in [2.75, 3.05) is 43.4 Å². The van der Waals surface area contributed by atoms with Crippen molar-refractivity contribution in [1.82, 2.24) is 4.90 Å².